The van der Waals surface area contributed by atoms with Gasteiger partial charge in [-0.2, -0.15) is 0 Å². The number of hydrogen-bond acceptors (Lipinski definition) is 4. The number of methoxy groups -OCH3 is 1. The molecule has 0 bridgehead atoms. The number of ether oxygens (including phenoxy) is 2. The molecule has 24 heavy (non-hydrogen) atoms. The van der Waals surface area contributed by atoms with Gasteiger partial charge in [0.2, 0.25) is 0 Å². The van der Waals surface area contributed by atoms with Crippen LogP contribution in [0.15, 0.2) is 18.2 Å². The van der Waals surface area contributed by atoms with E-state index in [0.29, 0.717) is 42.0 Å². The lowest BCUT2D eigenvalue weighted by Gasteiger charge is -2.22. The van der Waals surface area contributed by atoms with Crippen molar-refractivity contribution in [2.75, 3.05) is 33.4 Å². The van der Waals surface area contributed by atoms with Crippen LogP contribution in [0.3, 0.4) is 0 Å². The van der Waals surface area contributed by atoms with Crippen LogP contribution in [0, 0.1) is 11.8 Å². The number of carbonyl (C=O) groups is 1. The molecule has 1 atom stereocenters. The average Bonchev–Trinajstić information content (AvgIpc) is 2.60. The Kier molecular flexibility index (Phi) is 7.37. The first-order chi connectivity index (χ1) is 11.6. The lowest BCUT2D eigenvalue weighted by Crippen LogP contribution is -2.33. The molecule has 1 heterocycles. The van der Waals surface area contributed by atoms with E-state index in [2.05, 4.69) is 24.5 Å². The van der Waals surface area contributed by atoms with E-state index in [1.807, 2.05) is 0 Å². The van der Waals surface area contributed by atoms with Crippen molar-refractivity contribution in [3.63, 3.8) is 0 Å². The van der Waals surface area contributed by atoms with Crippen LogP contribution in [0.25, 0.3) is 0 Å². The number of nitrogens with one attached hydrogen (secondary N) is 2. The van der Waals surface area contributed by atoms with E-state index in [0.717, 1.165) is 19.5 Å². The summed E-state index contributed by atoms with van der Waals surface area (Å²) in [4.78, 5) is 12.3. The summed E-state index contributed by atoms with van der Waals surface area (Å²) >= 11 is 0. The third-order valence-electron chi connectivity index (χ3n) is 4.24. The molecule has 5 nitrogen and oxygen atoms in total. The van der Waals surface area contributed by atoms with Gasteiger partial charge in [0.25, 0.3) is 5.91 Å². The number of amides is 1. The van der Waals surface area contributed by atoms with E-state index in [4.69, 9.17) is 9.47 Å². The number of benzene rings is 1. The number of piperidine rings is 1. The second-order valence-electron chi connectivity index (χ2n) is 6.83. The predicted molar refractivity (Wildman–Crippen MR) is 95.9 cm³/mol. The predicted octanol–water partition coefficient (Wildman–Crippen LogP) is 2.85. The fraction of sp³-hybridized carbons (Fsp3) is 0.632. The molecule has 0 aliphatic carbocycles. The van der Waals surface area contributed by atoms with Crippen LogP contribution in [-0.4, -0.2) is 39.3 Å². The average molecular weight is 334 g/mol. The van der Waals surface area contributed by atoms with Gasteiger partial charge in [-0.3, -0.25) is 4.79 Å². The van der Waals surface area contributed by atoms with Gasteiger partial charge >= 0.3 is 0 Å². The summed E-state index contributed by atoms with van der Waals surface area (Å²) in [5.74, 6) is 2.32. The SMILES string of the molecule is COc1cc(C(=O)NCCC2CCCNC2)ccc1OCC(C)C. The Morgan fingerprint density at radius 1 is 1.38 bits per heavy atom. The van der Waals surface area contributed by atoms with Crippen molar-refractivity contribution >= 4 is 5.91 Å². The van der Waals surface area contributed by atoms with Gasteiger partial charge in [-0.15, -0.1) is 0 Å². The molecular weight excluding hydrogens is 304 g/mol. The summed E-state index contributed by atoms with van der Waals surface area (Å²) in [5.41, 5.74) is 0.602. The standard InChI is InChI=1S/C19H30N2O3/c1-14(2)13-24-17-7-6-16(11-18(17)23-3)19(22)21-10-8-15-5-4-9-20-12-15/h6-7,11,14-15,20H,4-5,8-10,12-13H2,1-3H3,(H,21,22). The number of rotatable bonds is 8. The Hall–Kier alpha value is -1.75. The molecule has 1 aliphatic rings. The maximum atomic E-state index is 12.3. The molecule has 1 unspecified atom stereocenters. The van der Waals surface area contributed by atoms with Gasteiger partial charge in [-0.05, 0) is 62.4 Å². The largest absolute Gasteiger partial charge is 0.493 e. The topological polar surface area (TPSA) is 59.6 Å². The van der Waals surface area contributed by atoms with Gasteiger partial charge in [0.05, 0.1) is 13.7 Å². The van der Waals surface area contributed by atoms with E-state index >= 15 is 0 Å². The van der Waals surface area contributed by atoms with E-state index in [1.165, 1.54) is 12.8 Å². The van der Waals surface area contributed by atoms with Crippen molar-refractivity contribution in [1.29, 1.82) is 0 Å². The molecule has 134 valence electrons. The molecule has 0 spiro atoms. The van der Waals surface area contributed by atoms with Gasteiger partial charge in [-0.1, -0.05) is 13.8 Å². The zero-order chi connectivity index (χ0) is 17.4. The molecule has 2 rings (SSSR count). The maximum absolute atomic E-state index is 12.3. The second kappa shape index (κ2) is 9.52. The first-order valence-corrected chi connectivity index (χ1v) is 8.90. The molecular formula is C19H30N2O3. The zero-order valence-corrected chi connectivity index (χ0v) is 15.1. The Labute approximate surface area is 145 Å². The Morgan fingerprint density at radius 3 is 2.88 bits per heavy atom. The van der Waals surface area contributed by atoms with Crippen LogP contribution in [-0.2, 0) is 0 Å². The van der Waals surface area contributed by atoms with Crippen LogP contribution in [0.5, 0.6) is 11.5 Å². The van der Waals surface area contributed by atoms with Crippen LogP contribution in [0.2, 0.25) is 0 Å². The van der Waals surface area contributed by atoms with E-state index in [-0.39, 0.29) is 5.91 Å². The monoisotopic (exact) mass is 334 g/mol. The smallest absolute Gasteiger partial charge is 0.251 e. The quantitative estimate of drug-likeness (QED) is 0.767. The lowest BCUT2D eigenvalue weighted by atomic mass is 9.96. The highest BCUT2D eigenvalue weighted by Crippen LogP contribution is 2.28. The first-order valence-electron chi connectivity index (χ1n) is 8.90. The van der Waals surface area contributed by atoms with Crippen molar-refractivity contribution in [1.82, 2.24) is 10.6 Å². The molecule has 5 heteroatoms. The fourth-order valence-corrected chi connectivity index (χ4v) is 2.85. The summed E-state index contributed by atoms with van der Waals surface area (Å²) in [6.07, 6.45) is 3.50. The molecule has 1 saturated heterocycles. The normalized spacial score (nSPS) is 17.6. The van der Waals surface area contributed by atoms with Gasteiger partial charge < -0.3 is 20.1 Å². The van der Waals surface area contributed by atoms with Crippen molar-refractivity contribution in [3.05, 3.63) is 23.8 Å². The molecule has 0 aromatic heterocycles. The molecule has 1 aromatic carbocycles. The van der Waals surface area contributed by atoms with Gasteiger partial charge in [0, 0.05) is 12.1 Å². The van der Waals surface area contributed by atoms with Crippen molar-refractivity contribution in [2.24, 2.45) is 11.8 Å². The molecule has 0 radical (unpaired) electrons. The lowest BCUT2D eigenvalue weighted by molar-refractivity contribution is 0.0950. The first kappa shape index (κ1) is 18.6. The molecule has 1 fully saturated rings. The highest BCUT2D eigenvalue weighted by Gasteiger charge is 2.14. The molecule has 1 aliphatic heterocycles. The van der Waals surface area contributed by atoms with Gasteiger partial charge in [0.1, 0.15) is 0 Å². The summed E-state index contributed by atoms with van der Waals surface area (Å²) < 4.78 is 11.1. The number of carbonyl (C=O) groups excluding carboxylic acids is 1. The highest BCUT2D eigenvalue weighted by molar-refractivity contribution is 5.94. The van der Waals surface area contributed by atoms with Crippen molar-refractivity contribution in [2.45, 2.75) is 33.1 Å². The molecule has 1 aromatic rings. The summed E-state index contributed by atoms with van der Waals surface area (Å²) in [5, 5.41) is 6.41. The molecule has 2 N–H and O–H groups in total. The minimum atomic E-state index is -0.0625. The maximum Gasteiger partial charge on any atom is 0.251 e. The van der Waals surface area contributed by atoms with Crippen molar-refractivity contribution in [3.8, 4) is 11.5 Å². The Morgan fingerprint density at radius 2 is 2.21 bits per heavy atom. The van der Waals surface area contributed by atoms with E-state index in [9.17, 15) is 4.79 Å². The Balaban J connectivity index is 1.86. The highest BCUT2D eigenvalue weighted by atomic mass is 16.5. The molecule has 1 amide bonds. The third kappa shape index (κ3) is 5.71. The zero-order valence-electron chi connectivity index (χ0n) is 15.1. The minimum Gasteiger partial charge on any atom is -0.493 e. The van der Waals surface area contributed by atoms with Crippen LogP contribution >= 0.6 is 0 Å². The second-order valence-corrected chi connectivity index (χ2v) is 6.83. The van der Waals surface area contributed by atoms with Crippen LogP contribution in [0.4, 0.5) is 0 Å². The summed E-state index contributed by atoms with van der Waals surface area (Å²) in [6.45, 7) is 7.70. The molecule has 0 saturated carbocycles. The minimum absolute atomic E-state index is 0.0625. The van der Waals surface area contributed by atoms with Gasteiger partial charge in [-0.25, -0.2) is 0 Å². The summed E-state index contributed by atoms with van der Waals surface area (Å²) in [7, 11) is 1.59. The van der Waals surface area contributed by atoms with E-state index < -0.39 is 0 Å². The number of hydrogen-bond donors (Lipinski definition) is 2. The van der Waals surface area contributed by atoms with Crippen molar-refractivity contribution < 1.29 is 14.3 Å². The van der Waals surface area contributed by atoms with Crippen LogP contribution < -0.4 is 20.1 Å². The van der Waals surface area contributed by atoms with Crippen LogP contribution in [0.1, 0.15) is 43.5 Å². The third-order valence-corrected chi connectivity index (χ3v) is 4.24. The Bertz CT molecular complexity index is 525. The fourth-order valence-electron chi connectivity index (χ4n) is 2.85. The van der Waals surface area contributed by atoms with E-state index in [1.54, 1.807) is 25.3 Å². The summed E-state index contributed by atoms with van der Waals surface area (Å²) in [6, 6.07) is 5.34. The van der Waals surface area contributed by atoms with Gasteiger partial charge in [0.15, 0.2) is 11.5 Å².